The second-order valence-electron chi connectivity index (χ2n) is 6.64. The molecule has 0 amide bonds. The molecule has 0 spiro atoms. The molecule has 2 heterocycles. The summed E-state index contributed by atoms with van der Waals surface area (Å²) in [4.78, 5) is 17.0. The van der Waals surface area contributed by atoms with Crippen LogP contribution in [0.3, 0.4) is 0 Å². The van der Waals surface area contributed by atoms with Crippen molar-refractivity contribution in [3.05, 3.63) is 95.4 Å². The number of ketones is 1. The molecule has 0 aliphatic rings. The summed E-state index contributed by atoms with van der Waals surface area (Å²) in [5.74, 6) is -0.0394. The number of benzene rings is 2. The number of aromatic nitrogens is 2. The third-order valence-corrected chi connectivity index (χ3v) is 6.69. The molecule has 4 aromatic rings. The van der Waals surface area contributed by atoms with Gasteiger partial charge in [-0.1, -0.05) is 35.9 Å². The Hall–Kier alpha value is -2.96. The molecule has 0 unspecified atom stereocenters. The van der Waals surface area contributed by atoms with E-state index in [1.165, 1.54) is 24.3 Å². The lowest BCUT2D eigenvalue weighted by Gasteiger charge is -2.07. The van der Waals surface area contributed by atoms with Crippen LogP contribution in [0.25, 0.3) is 5.65 Å². The second kappa shape index (κ2) is 7.81. The highest BCUT2D eigenvalue weighted by Crippen LogP contribution is 2.24. The lowest BCUT2D eigenvalue weighted by molar-refractivity contribution is 0.0982. The number of hydrogen-bond acceptors (Lipinski definition) is 4. The summed E-state index contributed by atoms with van der Waals surface area (Å²) in [7, 11) is -3.68. The first-order valence-electron chi connectivity index (χ1n) is 8.99. The minimum atomic E-state index is -3.68. The van der Waals surface area contributed by atoms with Gasteiger partial charge in [0.15, 0.2) is 5.78 Å². The first-order valence-corrected chi connectivity index (χ1v) is 10.9. The Morgan fingerprint density at radius 1 is 1.00 bits per heavy atom. The molecule has 0 aliphatic heterocycles. The van der Waals surface area contributed by atoms with Crippen LogP contribution in [0.4, 0.5) is 0 Å². The highest BCUT2D eigenvalue weighted by Gasteiger charge is 2.18. The largest absolute Gasteiger partial charge is 0.307 e. The Labute approximate surface area is 173 Å². The lowest BCUT2D eigenvalue weighted by Crippen LogP contribution is -2.05. The standard InChI is InChI=1S/C22H17ClN2O3S/c23-18-2-1-3-20(14-18)29(27,28)19-8-6-17(7-9-19)21(26)10-4-16-5-11-22-24-12-13-25(22)15-16/h1-3,5-9,11-15H,4,10H2. The van der Waals surface area contributed by atoms with Crippen molar-refractivity contribution in [2.24, 2.45) is 0 Å². The lowest BCUT2D eigenvalue weighted by atomic mass is 10.0. The van der Waals surface area contributed by atoms with Crippen molar-refractivity contribution in [3.63, 3.8) is 0 Å². The normalized spacial score (nSPS) is 11.6. The maximum atomic E-state index is 12.7. The predicted molar refractivity (Wildman–Crippen MR) is 111 cm³/mol. The van der Waals surface area contributed by atoms with Gasteiger partial charge in [-0.25, -0.2) is 13.4 Å². The smallest absolute Gasteiger partial charge is 0.206 e. The summed E-state index contributed by atoms with van der Waals surface area (Å²) in [6.07, 6.45) is 6.47. The molecule has 5 nitrogen and oxygen atoms in total. The Bertz CT molecular complexity index is 1300. The summed E-state index contributed by atoms with van der Waals surface area (Å²) in [6, 6.07) is 16.0. The molecule has 4 rings (SSSR count). The number of Topliss-reactive ketones (excluding diaryl/α,β-unsaturated/α-hetero) is 1. The first kappa shape index (κ1) is 19.4. The molecule has 7 heteroatoms. The van der Waals surface area contributed by atoms with E-state index in [0.29, 0.717) is 23.4 Å². The van der Waals surface area contributed by atoms with Crippen LogP contribution in [0.15, 0.2) is 89.0 Å². The number of rotatable bonds is 6. The predicted octanol–water partition coefficient (Wildman–Crippen LogP) is 4.64. The summed E-state index contributed by atoms with van der Waals surface area (Å²) in [5.41, 5.74) is 2.37. The minimum Gasteiger partial charge on any atom is -0.307 e. The number of fused-ring (bicyclic) bond motifs is 1. The van der Waals surface area contributed by atoms with Gasteiger partial charge in [0.05, 0.1) is 9.79 Å². The van der Waals surface area contributed by atoms with Crippen LogP contribution >= 0.6 is 11.6 Å². The third-order valence-electron chi connectivity index (χ3n) is 4.68. The van der Waals surface area contributed by atoms with Crippen LogP contribution < -0.4 is 0 Å². The number of carbonyl (C=O) groups is 1. The van der Waals surface area contributed by atoms with E-state index >= 15 is 0 Å². The average molecular weight is 425 g/mol. The molecule has 0 N–H and O–H groups in total. The highest BCUT2D eigenvalue weighted by atomic mass is 35.5. The zero-order valence-corrected chi connectivity index (χ0v) is 16.9. The molecule has 0 atom stereocenters. The second-order valence-corrected chi connectivity index (χ2v) is 9.02. The molecule has 0 bridgehead atoms. The van der Waals surface area contributed by atoms with Gasteiger partial charge in [0, 0.05) is 35.6 Å². The van der Waals surface area contributed by atoms with Gasteiger partial charge >= 0.3 is 0 Å². The summed E-state index contributed by atoms with van der Waals surface area (Å²) >= 11 is 5.90. The van der Waals surface area contributed by atoms with Crippen LogP contribution in [0.1, 0.15) is 22.3 Å². The van der Waals surface area contributed by atoms with Crippen LogP contribution in [0.5, 0.6) is 0 Å². The Balaban J connectivity index is 1.47. The van der Waals surface area contributed by atoms with Crippen molar-refractivity contribution < 1.29 is 13.2 Å². The maximum Gasteiger partial charge on any atom is 0.206 e. The minimum absolute atomic E-state index is 0.0394. The van der Waals surface area contributed by atoms with E-state index in [4.69, 9.17) is 11.6 Å². The van der Waals surface area contributed by atoms with Crippen molar-refractivity contribution in [2.45, 2.75) is 22.6 Å². The zero-order chi connectivity index (χ0) is 20.4. The van der Waals surface area contributed by atoms with Crippen molar-refractivity contribution in [1.82, 2.24) is 9.38 Å². The van der Waals surface area contributed by atoms with Crippen LogP contribution in [-0.2, 0) is 16.3 Å². The number of hydrogen-bond donors (Lipinski definition) is 0. The van der Waals surface area contributed by atoms with Gasteiger partial charge in [0.1, 0.15) is 5.65 Å². The average Bonchev–Trinajstić information content (AvgIpc) is 3.20. The van der Waals surface area contributed by atoms with E-state index in [0.717, 1.165) is 11.2 Å². The monoisotopic (exact) mass is 424 g/mol. The fourth-order valence-corrected chi connectivity index (χ4v) is 4.67. The van der Waals surface area contributed by atoms with E-state index in [1.807, 2.05) is 28.9 Å². The van der Waals surface area contributed by atoms with E-state index in [1.54, 1.807) is 30.5 Å². The molecular formula is C22H17ClN2O3S. The quantitative estimate of drug-likeness (QED) is 0.423. The van der Waals surface area contributed by atoms with Gasteiger partial charge in [-0.05, 0) is 48.4 Å². The number of sulfone groups is 1. The number of halogens is 1. The van der Waals surface area contributed by atoms with Crippen molar-refractivity contribution >= 4 is 32.9 Å². The number of aryl methyl sites for hydroxylation is 1. The van der Waals surface area contributed by atoms with Crippen molar-refractivity contribution in [3.8, 4) is 0 Å². The van der Waals surface area contributed by atoms with Gasteiger partial charge in [-0.3, -0.25) is 4.79 Å². The molecule has 0 fully saturated rings. The Kier molecular flexibility index (Phi) is 5.22. The fourth-order valence-electron chi connectivity index (χ4n) is 3.11. The Morgan fingerprint density at radius 2 is 1.79 bits per heavy atom. The third kappa shape index (κ3) is 4.09. The number of imidazole rings is 1. The molecule has 2 aromatic carbocycles. The maximum absolute atomic E-state index is 12.7. The summed E-state index contributed by atoms with van der Waals surface area (Å²) in [5, 5.41) is 0.353. The molecule has 0 saturated heterocycles. The van der Waals surface area contributed by atoms with Crippen LogP contribution in [-0.4, -0.2) is 23.6 Å². The van der Waals surface area contributed by atoms with E-state index < -0.39 is 9.84 Å². The van der Waals surface area contributed by atoms with E-state index in [-0.39, 0.29) is 15.6 Å². The molecule has 0 aliphatic carbocycles. The zero-order valence-electron chi connectivity index (χ0n) is 15.3. The summed E-state index contributed by atoms with van der Waals surface area (Å²) in [6.45, 7) is 0. The van der Waals surface area contributed by atoms with Gasteiger partial charge in [0.2, 0.25) is 9.84 Å². The van der Waals surface area contributed by atoms with Gasteiger partial charge in [-0.15, -0.1) is 0 Å². The molecule has 0 radical (unpaired) electrons. The van der Waals surface area contributed by atoms with Crippen LogP contribution in [0.2, 0.25) is 5.02 Å². The molecule has 146 valence electrons. The number of nitrogens with zero attached hydrogens (tertiary/aromatic N) is 2. The number of pyridine rings is 1. The first-order chi connectivity index (χ1) is 13.9. The molecule has 2 aromatic heterocycles. The molecule has 0 saturated carbocycles. The SMILES string of the molecule is O=C(CCc1ccc2nccn2c1)c1ccc(S(=O)(=O)c2cccc(Cl)c2)cc1. The van der Waals surface area contributed by atoms with Gasteiger partial charge < -0.3 is 4.40 Å². The Morgan fingerprint density at radius 3 is 2.55 bits per heavy atom. The van der Waals surface area contributed by atoms with E-state index in [2.05, 4.69) is 4.98 Å². The van der Waals surface area contributed by atoms with Gasteiger partial charge in [0.25, 0.3) is 0 Å². The highest BCUT2D eigenvalue weighted by molar-refractivity contribution is 7.91. The summed E-state index contributed by atoms with van der Waals surface area (Å²) < 4.78 is 27.3. The van der Waals surface area contributed by atoms with E-state index in [9.17, 15) is 13.2 Å². The van der Waals surface area contributed by atoms with Gasteiger partial charge in [-0.2, -0.15) is 0 Å². The number of carbonyl (C=O) groups excluding carboxylic acids is 1. The van der Waals surface area contributed by atoms with Crippen molar-refractivity contribution in [1.29, 1.82) is 0 Å². The molecule has 29 heavy (non-hydrogen) atoms. The van der Waals surface area contributed by atoms with Crippen molar-refractivity contribution in [2.75, 3.05) is 0 Å². The fraction of sp³-hybridized carbons (Fsp3) is 0.0909. The van der Waals surface area contributed by atoms with Crippen LogP contribution in [0, 0.1) is 0 Å². The topological polar surface area (TPSA) is 68.5 Å². The molecular weight excluding hydrogens is 408 g/mol.